The van der Waals surface area contributed by atoms with E-state index in [9.17, 15) is 5.11 Å². The van der Waals surface area contributed by atoms with Crippen molar-refractivity contribution in [3.05, 3.63) is 102 Å². The van der Waals surface area contributed by atoms with E-state index < -0.39 is 5.60 Å². The van der Waals surface area contributed by atoms with Crippen molar-refractivity contribution in [1.82, 2.24) is 4.90 Å². The molecule has 2 atom stereocenters. The van der Waals surface area contributed by atoms with Crippen molar-refractivity contribution in [2.75, 3.05) is 12.0 Å². The molecule has 3 aromatic carbocycles. The van der Waals surface area contributed by atoms with Crippen molar-refractivity contribution >= 4 is 11.4 Å². The first-order valence-corrected chi connectivity index (χ1v) is 10.1. The van der Waals surface area contributed by atoms with E-state index in [0.717, 1.165) is 17.9 Å². The average molecular weight is 386 g/mol. The number of likely N-dealkylation sites (tertiary alicyclic amines) is 1. The lowest BCUT2D eigenvalue weighted by Crippen LogP contribution is -2.53. The van der Waals surface area contributed by atoms with Gasteiger partial charge in [0.25, 0.3) is 0 Å². The summed E-state index contributed by atoms with van der Waals surface area (Å²) >= 11 is 0. The van der Waals surface area contributed by atoms with E-state index in [1.54, 1.807) is 0 Å². The molecule has 1 fully saturated rings. The summed E-state index contributed by atoms with van der Waals surface area (Å²) in [5, 5.41) is 15.8. The lowest BCUT2D eigenvalue weighted by molar-refractivity contribution is 0.0321. The van der Waals surface area contributed by atoms with Gasteiger partial charge in [-0.05, 0) is 30.2 Å². The number of anilines is 1. The van der Waals surface area contributed by atoms with Gasteiger partial charge in [-0.1, -0.05) is 78.9 Å². The minimum atomic E-state index is -0.998. The van der Waals surface area contributed by atoms with Crippen molar-refractivity contribution in [2.24, 2.45) is 5.10 Å². The van der Waals surface area contributed by atoms with E-state index in [4.69, 9.17) is 0 Å². The third-order valence-corrected chi connectivity index (χ3v) is 5.47. The molecule has 0 aliphatic carbocycles. The van der Waals surface area contributed by atoms with Crippen molar-refractivity contribution in [3.63, 3.8) is 0 Å². The standard InChI is InChI=1S/C25H27N3O/c1-25(29)19-28(18-20-11-5-2-6-12-20)23(21-13-7-3-8-14-21)17-24(25)27-26-22-15-9-4-10-16-22/h2-16,23,26,29H,17-19H2,1H3/b27-24-. The zero-order valence-electron chi connectivity index (χ0n) is 16.7. The molecular weight excluding hydrogens is 358 g/mol. The SMILES string of the molecule is CC1(O)CN(Cc2ccccc2)C(c2ccccc2)C/C1=N/Nc1ccccc1. The maximum atomic E-state index is 11.2. The Kier molecular flexibility index (Phi) is 5.74. The molecule has 0 bridgehead atoms. The number of hydrazone groups is 1. The molecule has 1 aliphatic heterocycles. The maximum absolute atomic E-state index is 11.2. The molecule has 0 amide bonds. The Labute approximate surface area is 172 Å². The van der Waals surface area contributed by atoms with Gasteiger partial charge in [0.1, 0.15) is 5.60 Å². The van der Waals surface area contributed by atoms with Crippen molar-refractivity contribution in [1.29, 1.82) is 0 Å². The topological polar surface area (TPSA) is 47.9 Å². The average Bonchev–Trinajstić information content (AvgIpc) is 2.75. The van der Waals surface area contributed by atoms with Crippen molar-refractivity contribution in [3.8, 4) is 0 Å². The van der Waals surface area contributed by atoms with Crippen LogP contribution in [0.4, 0.5) is 5.69 Å². The fraction of sp³-hybridized carbons (Fsp3) is 0.240. The minimum Gasteiger partial charge on any atom is -0.383 e. The number of piperidine rings is 1. The summed E-state index contributed by atoms with van der Waals surface area (Å²) < 4.78 is 0. The molecule has 0 radical (unpaired) electrons. The van der Waals surface area contributed by atoms with Gasteiger partial charge in [0.2, 0.25) is 0 Å². The second-order valence-corrected chi connectivity index (χ2v) is 7.83. The molecule has 0 saturated carbocycles. The van der Waals surface area contributed by atoms with Gasteiger partial charge in [-0.2, -0.15) is 5.10 Å². The van der Waals surface area contributed by atoms with Gasteiger partial charge >= 0.3 is 0 Å². The summed E-state index contributed by atoms with van der Waals surface area (Å²) in [6.07, 6.45) is 0.670. The van der Waals surface area contributed by atoms with Gasteiger partial charge in [-0.15, -0.1) is 0 Å². The van der Waals surface area contributed by atoms with Crippen LogP contribution in [0.3, 0.4) is 0 Å². The van der Waals surface area contributed by atoms with Crippen LogP contribution in [0.1, 0.15) is 30.5 Å². The molecule has 0 aromatic heterocycles. The van der Waals surface area contributed by atoms with Crippen LogP contribution >= 0.6 is 0 Å². The molecular formula is C25H27N3O. The van der Waals surface area contributed by atoms with E-state index in [1.165, 1.54) is 11.1 Å². The molecule has 1 heterocycles. The van der Waals surface area contributed by atoms with Crippen LogP contribution < -0.4 is 5.43 Å². The smallest absolute Gasteiger partial charge is 0.114 e. The molecule has 0 spiro atoms. The van der Waals surface area contributed by atoms with E-state index in [2.05, 4.69) is 64.0 Å². The second-order valence-electron chi connectivity index (χ2n) is 7.83. The Hall–Kier alpha value is -2.95. The predicted molar refractivity (Wildman–Crippen MR) is 119 cm³/mol. The first-order chi connectivity index (χ1) is 14.1. The maximum Gasteiger partial charge on any atom is 0.114 e. The zero-order chi connectivity index (χ0) is 20.1. The molecule has 29 heavy (non-hydrogen) atoms. The van der Waals surface area contributed by atoms with Gasteiger partial charge in [-0.3, -0.25) is 10.3 Å². The van der Waals surface area contributed by atoms with Crippen LogP contribution in [-0.2, 0) is 6.54 Å². The van der Waals surface area contributed by atoms with Crippen LogP contribution in [-0.4, -0.2) is 27.9 Å². The first kappa shape index (κ1) is 19.4. The highest BCUT2D eigenvalue weighted by Crippen LogP contribution is 2.35. The summed E-state index contributed by atoms with van der Waals surface area (Å²) in [4.78, 5) is 2.35. The summed E-state index contributed by atoms with van der Waals surface area (Å²) in [7, 11) is 0. The number of para-hydroxylation sites is 1. The molecule has 1 saturated heterocycles. The molecule has 3 aromatic rings. The number of benzene rings is 3. The van der Waals surface area contributed by atoms with E-state index >= 15 is 0 Å². The number of nitrogens with zero attached hydrogens (tertiary/aromatic N) is 2. The van der Waals surface area contributed by atoms with Crippen LogP contribution in [0, 0.1) is 0 Å². The Morgan fingerprint density at radius 3 is 2.17 bits per heavy atom. The summed E-state index contributed by atoms with van der Waals surface area (Å²) in [5.74, 6) is 0. The number of hydrogen-bond donors (Lipinski definition) is 2. The number of nitrogens with one attached hydrogen (secondary N) is 1. The lowest BCUT2D eigenvalue weighted by atomic mass is 9.84. The molecule has 4 rings (SSSR count). The van der Waals surface area contributed by atoms with E-state index in [0.29, 0.717) is 13.0 Å². The molecule has 4 heteroatoms. The fourth-order valence-corrected chi connectivity index (χ4v) is 3.93. The number of aliphatic hydroxyl groups is 1. The Balaban J connectivity index is 1.62. The third kappa shape index (κ3) is 4.73. The molecule has 2 N–H and O–H groups in total. The lowest BCUT2D eigenvalue weighted by Gasteiger charge is -2.43. The normalized spacial score (nSPS) is 23.8. The van der Waals surface area contributed by atoms with Crippen LogP contribution in [0.15, 0.2) is 96.1 Å². The van der Waals surface area contributed by atoms with E-state index in [-0.39, 0.29) is 6.04 Å². The molecule has 1 aliphatic rings. The highest BCUT2D eigenvalue weighted by Gasteiger charge is 2.40. The van der Waals surface area contributed by atoms with E-state index in [1.807, 2.05) is 49.4 Å². The Morgan fingerprint density at radius 2 is 1.52 bits per heavy atom. The van der Waals surface area contributed by atoms with Gasteiger partial charge in [-0.25, -0.2) is 0 Å². The monoisotopic (exact) mass is 385 g/mol. The quantitative estimate of drug-likeness (QED) is 0.617. The van der Waals surface area contributed by atoms with Crippen molar-refractivity contribution < 1.29 is 5.11 Å². The Morgan fingerprint density at radius 1 is 0.931 bits per heavy atom. The number of β-amino-alcohol motifs (C(OH)–C–C–N with tert-alkyl or cyclic N) is 1. The number of rotatable bonds is 5. The van der Waals surface area contributed by atoms with Gasteiger partial charge < -0.3 is 5.11 Å². The zero-order valence-corrected chi connectivity index (χ0v) is 16.7. The fourth-order valence-electron chi connectivity index (χ4n) is 3.93. The van der Waals surface area contributed by atoms with Gasteiger partial charge in [0.05, 0.1) is 11.4 Å². The summed E-state index contributed by atoms with van der Waals surface area (Å²) in [5.41, 5.74) is 6.30. The first-order valence-electron chi connectivity index (χ1n) is 10.1. The largest absolute Gasteiger partial charge is 0.383 e. The third-order valence-electron chi connectivity index (χ3n) is 5.47. The number of hydrogen-bond acceptors (Lipinski definition) is 4. The van der Waals surface area contributed by atoms with Crippen molar-refractivity contribution in [2.45, 2.75) is 31.5 Å². The van der Waals surface area contributed by atoms with Crippen LogP contribution in [0.5, 0.6) is 0 Å². The highest BCUT2D eigenvalue weighted by molar-refractivity contribution is 5.94. The van der Waals surface area contributed by atoms with Gasteiger partial charge in [0, 0.05) is 25.6 Å². The molecule has 148 valence electrons. The molecule has 2 unspecified atom stereocenters. The Bertz CT molecular complexity index is 940. The van der Waals surface area contributed by atoms with Crippen LogP contribution in [0.2, 0.25) is 0 Å². The highest BCUT2D eigenvalue weighted by atomic mass is 16.3. The second kappa shape index (κ2) is 8.60. The van der Waals surface area contributed by atoms with Crippen LogP contribution in [0.25, 0.3) is 0 Å². The summed E-state index contributed by atoms with van der Waals surface area (Å²) in [6, 6.07) is 30.9. The predicted octanol–water partition coefficient (Wildman–Crippen LogP) is 4.85. The van der Waals surface area contributed by atoms with Gasteiger partial charge in [0.15, 0.2) is 0 Å². The summed E-state index contributed by atoms with van der Waals surface area (Å²) in [6.45, 7) is 3.17. The minimum absolute atomic E-state index is 0.160. The molecule has 4 nitrogen and oxygen atoms in total.